The summed E-state index contributed by atoms with van der Waals surface area (Å²) in [5.74, 6) is -1.36. The van der Waals surface area contributed by atoms with Crippen molar-refractivity contribution in [2.24, 2.45) is 8.73 Å². The lowest BCUT2D eigenvalue weighted by atomic mass is 10.2. The second kappa shape index (κ2) is 11.8. The highest BCUT2D eigenvalue weighted by atomic mass is 35.5. The van der Waals surface area contributed by atoms with Gasteiger partial charge in [0.1, 0.15) is 0 Å². The fourth-order valence-corrected chi connectivity index (χ4v) is 6.12. The third-order valence-electron chi connectivity index (χ3n) is 3.54. The van der Waals surface area contributed by atoms with Crippen molar-refractivity contribution in [1.29, 1.82) is 0 Å². The molecular weight excluding hydrogens is 532 g/mol. The van der Waals surface area contributed by atoms with E-state index < -0.39 is 41.0 Å². The average Bonchev–Trinajstić information content (AvgIpc) is 2.70. The molecule has 0 aliphatic rings. The van der Waals surface area contributed by atoms with E-state index in [9.17, 15) is 18.4 Å². The molecule has 0 saturated carbocycles. The third-order valence-corrected chi connectivity index (χ3v) is 8.38. The predicted octanol–water partition coefficient (Wildman–Crippen LogP) is 7.05. The van der Waals surface area contributed by atoms with Crippen molar-refractivity contribution >= 4 is 79.6 Å². The molecule has 0 spiro atoms. The number of benzene rings is 2. The van der Waals surface area contributed by atoms with Gasteiger partial charge < -0.3 is 0 Å². The summed E-state index contributed by atoms with van der Waals surface area (Å²) in [5.41, 5.74) is 0. The monoisotopic (exact) mass is 546 g/mol. The molecule has 0 saturated heterocycles. The summed E-state index contributed by atoms with van der Waals surface area (Å²) < 4.78 is 30.3. The number of carbonyl (C=O) groups excluding carboxylic acids is 2. The zero-order chi connectivity index (χ0) is 23.1. The van der Waals surface area contributed by atoms with Gasteiger partial charge in [-0.25, -0.2) is 0 Å². The Morgan fingerprint density at radius 1 is 0.710 bits per heavy atom. The first-order valence-electron chi connectivity index (χ1n) is 8.70. The summed E-state index contributed by atoms with van der Waals surface area (Å²) in [7, 11) is -3.49. The molecule has 31 heavy (non-hydrogen) atoms. The zero-order valence-electron chi connectivity index (χ0n) is 15.7. The highest BCUT2D eigenvalue weighted by Gasteiger charge is 2.32. The number of halogens is 6. The van der Waals surface area contributed by atoms with Gasteiger partial charge in [0.05, 0.1) is 0 Å². The Morgan fingerprint density at radius 2 is 1.03 bits per heavy atom. The van der Waals surface area contributed by atoms with Crippen LogP contribution in [0.3, 0.4) is 0 Å². The number of amides is 2. The van der Waals surface area contributed by atoms with Crippen LogP contribution < -0.4 is 0 Å². The first-order chi connectivity index (χ1) is 14.5. The zero-order valence-corrected chi connectivity index (χ0v) is 20.3. The molecule has 0 heterocycles. The normalized spacial score (nSPS) is 14.4. The van der Waals surface area contributed by atoms with Gasteiger partial charge in [0.15, 0.2) is 0 Å². The minimum absolute atomic E-state index is 0.0519. The maximum Gasteiger partial charge on any atom is 0.319 e. The first-order valence-corrected chi connectivity index (χ1v) is 12.6. The van der Waals surface area contributed by atoms with Gasteiger partial charge in [0.25, 0.3) is 11.8 Å². The highest BCUT2D eigenvalue weighted by Crippen LogP contribution is 2.34. The number of rotatable bonds is 8. The van der Waals surface area contributed by atoms with Gasteiger partial charge in [-0.2, -0.15) is 17.5 Å². The molecule has 0 bridgehead atoms. The van der Waals surface area contributed by atoms with Crippen molar-refractivity contribution < 1.29 is 18.4 Å². The van der Waals surface area contributed by atoms with E-state index in [1.165, 1.54) is 0 Å². The van der Waals surface area contributed by atoms with E-state index in [0.29, 0.717) is 9.79 Å². The van der Waals surface area contributed by atoms with Gasteiger partial charge in [-0.15, -0.1) is 0 Å². The number of carbonyl (C=O) groups is 2. The third kappa shape index (κ3) is 8.86. The van der Waals surface area contributed by atoms with Gasteiger partial charge in [-0.3, -0.25) is 9.59 Å². The molecule has 4 nitrogen and oxygen atoms in total. The van der Waals surface area contributed by atoms with Crippen molar-refractivity contribution in [2.75, 3.05) is 0 Å². The minimum Gasteiger partial charge on any atom is -0.272 e. The van der Waals surface area contributed by atoms with Crippen LogP contribution in [0.15, 0.2) is 79.2 Å². The van der Waals surface area contributed by atoms with Crippen molar-refractivity contribution in [2.45, 2.75) is 36.9 Å². The molecule has 2 amide bonds. The van der Waals surface area contributed by atoms with E-state index in [4.69, 9.17) is 46.4 Å². The van der Waals surface area contributed by atoms with Crippen molar-refractivity contribution in [3.8, 4) is 0 Å². The average molecular weight is 548 g/mol. The largest absolute Gasteiger partial charge is 0.319 e. The van der Waals surface area contributed by atoms with Crippen molar-refractivity contribution in [3.05, 3.63) is 60.7 Å². The number of alkyl halides is 6. The molecule has 0 radical (unpaired) electrons. The Hall–Kier alpha value is -0.900. The predicted molar refractivity (Wildman–Crippen MR) is 124 cm³/mol. The molecular formula is C19H16Cl4F2N2O2S2. The molecule has 0 N–H and O–H groups in total. The van der Waals surface area contributed by atoms with Gasteiger partial charge in [-0.05, 0) is 30.7 Å². The topological polar surface area (TPSA) is 58.9 Å². The molecule has 168 valence electrons. The van der Waals surface area contributed by atoms with E-state index in [2.05, 4.69) is 8.73 Å². The summed E-state index contributed by atoms with van der Waals surface area (Å²) in [6, 6.07) is 16.2. The molecule has 2 atom stereocenters. The molecule has 12 heteroatoms. The summed E-state index contributed by atoms with van der Waals surface area (Å²) in [6.07, 6.45) is -0.303. The maximum atomic E-state index is 14.1. The van der Waals surface area contributed by atoms with E-state index in [1.54, 1.807) is 60.7 Å². The lowest BCUT2D eigenvalue weighted by Crippen LogP contribution is -2.16. The highest BCUT2D eigenvalue weighted by molar-refractivity contribution is 7.92. The number of hydrogen-bond donors (Lipinski definition) is 0. The van der Waals surface area contributed by atoms with Crippen LogP contribution in [0.4, 0.5) is 8.78 Å². The number of nitrogens with zero attached hydrogens (tertiary/aromatic N) is 2. The molecule has 2 aromatic rings. The molecule has 0 aliphatic carbocycles. The quantitative estimate of drug-likeness (QED) is 0.332. The van der Waals surface area contributed by atoms with Crippen LogP contribution in [-0.2, 0) is 31.0 Å². The Balaban J connectivity index is 2.06. The Bertz CT molecular complexity index is 900. The smallest absolute Gasteiger partial charge is 0.272 e. The van der Waals surface area contributed by atoms with Crippen LogP contribution in [0.5, 0.6) is 0 Å². The van der Waals surface area contributed by atoms with Crippen LogP contribution in [0, 0.1) is 0 Å². The van der Waals surface area contributed by atoms with Gasteiger partial charge >= 0.3 is 7.84 Å². The van der Waals surface area contributed by atoms with E-state index in [1.807, 2.05) is 0 Å². The van der Waals surface area contributed by atoms with Crippen LogP contribution in [0.2, 0.25) is 0 Å². The van der Waals surface area contributed by atoms with Gasteiger partial charge in [0.2, 0.25) is 0 Å². The van der Waals surface area contributed by atoms with Crippen LogP contribution in [-0.4, -0.2) is 19.7 Å². The minimum atomic E-state index is -2.77. The molecule has 0 aromatic heterocycles. The SMILES string of the molecule is O=C(CCCC(=O)N=S(c1ccccc1)C(F)(Cl)Cl)N=S(c1ccccc1)C(F)(Cl)Cl. The van der Waals surface area contributed by atoms with Crippen molar-refractivity contribution in [3.63, 3.8) is 0 Å². The number of hydrogen-bond acceptors (Lipinski definition) is 2. The standard InChI is InChI=1S/C19H16Cl4F2N2O2S2/c20-18(21,24)30(14-8-3-1-4-9-14)26-16(28)12-7-13-17(29)27-31(19(22,23)25)15-10-5-2-6-11-15/h1-6,8-11H,7,12-13H2. The Labute approximate surface area is 203 Å². The molecule has 2 aromatic carbocycles. The van der Waals surface area contributed by atoms with Gasteiger partial charge in [-0.1, -0.05) is 82.8 Å². The van der Waals surface area contributed by atoms with Gasteiger partial charge in [0, 0.05) is 44.0 Å². The van der Waals surface area contributed by atoms with Crippen LogP contribution in [0.1, 0.15) is 19.3 Å². The lowest BCUT2D eigenvalue weighted by Gasteiger charge is -2.14. The van der Waals surface area contributed by atoms with E-state index in [0.717, 1.165) is 0 Å². The second-order valence-corrected chi connectivity index (χ2v) is 12.8. The fourth-order valence-electron chi connectivity index (χ4n) is 2.26. The summed E-state index contributed by atoms with van der Waals surface area (Å²) in [5, 5.41) is 0. The Morgan fingerprint density at radius 3 is 1.32 bits per heavy atom. The van der Waals surface area contributed by atoms with Crippen LogP contribution in [0.25, 0.3) is 0 Å². The van der Waals surface area contributed by atoms with E-state index in [-0.39, 0.29) is 19.3 Å². The molecule has 0 aliphatic heterocycles. The Kier molecular flexibility index (Phi) is 10.0. The van der Waals surface area contributed by atoms with Crippen molar-refractivity contribution in [1.82, 2.24) is 0 Å². The maximum absolute atomic E-state index is 14.1. The van der Waals surface area contributed by atoms with Crippen LogP contribution >= 0.6 is 46.4 Å². The molecule has 2 unspecified atom stereocenters. The summed E-state index contributed by atoms with van der Waals surface area (Å²) in [4.78, 5) is 25.0. The molecule has 0 fully saturated rings. The summed E-state index contributed by atoms with van der Waals surface area (Å²) >= 11 is 22.2. The lowest BCUT2D eigenvalue weighted by molar-refractivity contribution is -0.118. The summed E-state index contributed by atoms with van der Waals surface area (Å²) in [6.45, 7) is 0. The van der Waals surface area contributed by atoms with E-state index >= 15 is 0 Å². The fraction of sp³-hybridized carbons (Fsp3) is 0.263. The first kappa shape index (κ1) is 26.4. The second-order valence-electron chi connectivity index (χ2n) is 5.91. The molecule has 2 rings (SSSR count).